The largest absolute Gasteiger partial charge is 0.356 e. The second-order valence-electron chi connectivity index (χ2n) is 2.91. The van der Waals surface area contributed by atoms with Crippen molar-refractivity contribution in [3.63, 3.8) is 0 Å². The van der Waals surface area contributed by atoms with Gasteiger partial charge in [0, 0.05) is 19.4 Å². The van der Waals surface area contributed by atoms with E-state index >= 15 is 0 Å². The average molecular weight is 203 g/mol. The van der Waals surface area contributed by atoms with Gasteiger partial charge in [-0.2, -0.15) is 0 Å². The molecule has 3 nitrogen and oxygen atoms in total. The highest BCUT2D eigenvalue weighted by atomic mass is 16.1. The summed E-state index contributed by atoms with van der Waals surface area (Å²) in [6.07, 6.45) is 2.61. The van der Waals surface area contributed by atoms with Crippen molar-refractivity contribution in [2.45, 2.75) is 54.4 Å². The molecule has 0 aromatic heterocycles. The van der Waals surface area contributed by atoms with Gasteiger partial charge in [-0.25, -0.2) is 0 Å². The Balaban J connectivity index is -0.000000605. The molecule has 0 aliphatic carbocycles. The van der Waals surface area contributed by atoms with E-state index in [1.807, 2.05) is 6.92 Å². The summed E-state index contributed by atoms with van der Waals surface area (Å²) in [5.41, 5.74) is 0. The summed E-state index contributed by atoms with van der Waals surface area (Å²) in [6.45, 7) is 4.29. The molecular weight excluding hydrogens is 178 g/mol. The molecule has 0 bridgehead atoms. The molecule has 0 rings (SSSR count). The predicted molar refractivity (Wildman–Crippen MR) is 61.3 cm³/mol. The van der Waals surface area contributed by atoms with Gasteiger partial charge in [0.25, 0.3) is 0 Å². The molecule has 0 fully saturated rings. The number of nitrogens with one attached hydrogen (secondary N) is 1. The smallest absolute Gasteiger partial charge is 0.220 e. The lowest BCUT2D eigenvalue weighted by Gasteiger charge is -2.01. The van der Waals surface area contributed by atoms with Crippen molar-refractivity contribution in [2.24, 2.45) is 0 Å². The zero-order valence-electron chi connectivity index (χ0n) is 7.85. The molecule has 0 heterocycles. The average Bonchev–Trinajstić information content (AvgIpc) is 2.00. The van der Waals surface area contributed by atoms with Gasteiger partial charge < -0.3 is 10.1 Å². The van der Waals surface area contributed by atoms with Crippen LogP contribution >= 0.6 is 0 Å². The minimum Gasteiger partial charge on any atom is -0.356 e. The number of amides is 1. The second-order valence-corrected chi connectivity index (χ2v) is 2.91. The lowest BCUT2D eigenvalue weighted by atomic mass is 10.2. The Labute approximate surface area is 88.3 Å². The van der Waals surface area contributed by atoms with E-state index in [2.05, 4.69) is 5.32 Å². The van der Waals surface area contributed by atoms with Crippen LogP contribution in [0, 0.1) is 0 Å². The van der Waals surface area contributed by atoms with Crippen LogP contribution in [0.5, 0.6) is 0 Å². The van der Waals surface area contributed by atoms with Gasteiger partial charge in [0.1, 0.15) is 5.78 Å². The molecule has 0 saturated heterocycles. The van der Waals surface area contributed by atoms with E-state index in [4.69, 9.17) is 0 Å². The van der Waals surface area contributed by atoms with E-state index in [1.165, 1.54) is 0 Å². The maximum Gasteiger partial charge on any atom is 0.220 e. The minimum absolute atomic E-state index is 0. The first-order valence-corrected chi connectivity index (χ1v) is 4.43. The van der Waals surface area contributed by atoms with Crippen LogP contribution in [-0.4, -0.2) is 18.2 Å². The molecular formula is C11H25NO2. The van der Waals surface area contributed by atoms with E-state index in [0.717, 1.165) is 13.0 Å². The molecule has 0 aromatic rings. The van der Waals surface area contributed by atoms with Gasteiger partial charge in [-0.1, -0.05) is 21.8 Å². The van der Waals surface area contributed by atoms with Crippen molar-refractivity contribution >= 4 is 11.7 Å². The fourth-order valence-electron chi connectivity index (χ4n) is 0.851. The highest BCUT2D eigenvalue weighted by Gasteiger charge is 2.00. The zero-order chi connectivity index (χ0) is 9.40. The summed E-state index contributed by atoms with van der Waals surface area (Å²) in [7, 11) is 0. The standard InChI is InChI=1S/C9H17NO2.2CH4/c1-3-7-10-9(12)6-4-5-8(2)11;;/h3-7H2,1-2H3,(H,10,12);2*1H4. The number of rotatable bonds is 6. The van der Waals surface area contributed by atoms with Crippen molar-refractivity contribution in [1.29, 1.82) is 0 Å². The van der Waals surface area contributed by atoms with E-state index in [1.54, 1.807) is 6.92 Å². The Morgan fingerprint density at radius 2 is 1.71 bits per heavy atom. The SMILES string of the molecule is C.C.CCCNC(=O)CCCC(C)=O. The second kappa shape index (κ2) is 12.1. The summed E-state index contributed by atoms with van der Waals surface area (Å²) in [6, 6.07) is 0. The maximum absolute atomic E-state index is 11.0. The Morgan fingerprint density at radius 1 is 1.14 bits per heavy atom. The van der Waals surface area contributed by atoms with Crippen molar-refractivity contribution in [3.05, 3.63) is 0 Å². The van der Waals surface area contributed by atoms with Crippen molar-refractivity contribution in [3.8, 4) is 0 Å². The van der Waals surface area contributed by atoms with Crippen molar-refractivity contribution in [1.82, 2.24) is 5.32 Å². The molecule has 0 aliphatic rings. The van der Waals surface area contributed by atoms with Crippen LogP contribution < -0.4 is 5.32 Å². The normalized spacial score (nSPS) is 8.14. The molecule has 3 heteroatoms. The van der Waals surface area contributed by atoms with E-state index in [-0.39, 0.29) is 26.5 Å². The van der Waals surface area contributed by atoms with Gasteiger partial charge >= 0.3 is 0 Å². The molecule has 0 unspecified atom stereocenters. The maximum atomic E-state index is 11.0. The molecule has 0 radical (unpaired) electrons. The molecule has 0 spiro atoms. The van der Waals surface area contributed by atoms with E-state index in [0.29, 0.717) is 19.3 Å². The highest BCUT2D eigenvalue weighted by Crippen LogP contribution is 1.95. The summed E-state index contributed by atoms with van der Waals surface area (Å²) in [5, 5.41) is 2.76. The third-order valence-electron chi connectivity index (χ3n) is 1.50. The van der Waals surface area contributed by atoms with Gasteiger partial charge in [0.2, 0.25) is 5.91 Å². The molecule has 0 saturated carbocycles. The molecule has 0 aliphatic heterocycles. The van der Waals surface area contributed by atoms with Crippen LogP contribution in [0.4, 0.5) is 0 Å². The van der Waals surface area contributed by atoms with Crippen molar-refractivity contribution in [2.75, 3.05) is 6.54 Å². The molecule has 1 N–H and O–H groups in total. The van der Waals surface area contributed by atoms with Crippen LogP contribution in [0.25, 0.3) is 0 Å². The number of hydrogen-bond acceptors (Lipinski definition) is 2. The van der Waals surface area contributed by atoms with Crippen LogP contribution in [-0.2, 0) is 9.59 Å². The van der Waals surface area contributed by atoms with Gasteiger partial charge in [0.05, 0.1) is 0 Å². The number of carbonyl (C=O) groups is 2. The topological polar surface area (TPSA) is 46.2 Å². The molecule has 86 valence electrons. The minimum atomic E-state index is 0. The van der Waals surface area contributed by atoms with Crippen LogP contribution in [0.3, 0.4) is 0 Å². The Bertz CT molecular complexity index is 155. The number of carbonyl (C=O) groups excluding carboxylic acids is 2. The Kier molecular flexibility index (Phi) is 16.3. The third-order valence-corrected chi connectivity index (χ3v) is 1.50. The van der Waals surface area contributed by atoms with Crippen LogP contribution in [0.2, 0.25) is 0 Å². The lowest BCUT2D eigenvalue weighted by molar-refractivity contribution is -0.121. The lowest BCUT2D eigenvalue weighted by Crippen LogP contribution is -2.23. The molecule has 1 amide bonds. The fraction of sp³-hybridized carbons (Fsp3) is 0.818. The number of ketones is 1. The quantitative estimate of drug-likeness (QED) is 0.721. The fourth-order valence-corrected chi connectivity index (χ4v) is 0.851. The van der Waals surface area contributed by atoms with Crippen LogP contribution in [0.1, 0.15) is 54.4 Å². The number of Topliss-reactive ketones (excluding diaryl/α,β-unsaturated/α-hetero) is 1. The van der Waals surface area contributed by atoms with Gasteiger partial charge in [-0.05, 0) is 19.8 Å². The first-order chi connectivity index (χ1) is 5.66. The molecule has 0 atom stereocenters. The summed E-state index contributed by atoms with van der Waals surface area (Å²) >= 11 is 0. The first-order valence-electron chi connectivity index (χ1n) is 4.43. The third kappa shape index (κ3) is 13.7. The van der Waals surface area contributed by atoms with Crippen molar-refractivity contribution < 1.29 is 9.59 Å². The predicted octanol–water partition coefficient (Wildman–Crippen LogP) is 2.54. The molecule has 14 heavy (non-hydrogen) atoms. The Morgan fingerprint density at radius 3 is 2.14 bits per heavy atom. The summed E-state index contributed by atoms with van der Waals surface area (Å²) < 4.78 is 0. The zero-order valence-corrected chi connectivity index (χ0v) is 7.85. The number of hydrogen-bond donors (Lipinski definition) is 1. The van der Waals surface area contributed by atoms with Gasteiger partial charge in [0.15, 0.2) is 0 Å². The van der Waals surface area contributed by atoms with Gasteiger partial charge in [-0.15, -0.1) is 0 Å². The van der Waals surface area contributed by atoms with Gasteiger partial charge in [-0.3, -0.25) is 4.79 Å². The van der Waals surface area contributed by atoms with Crippen LogP contribution in [0.15, 0.2) is 0 Å². The summed E-state index contributed by atoms with van der Waals surface area (Å²) in [5.74, 6) is 0.205. The van der Waals surface area contributed by atoms with E-state index < -0.39 is 0 Å². The van der Waals surface area contributed by atoms with E-state index in [9.17, 15) is 9.59 Å². The first kappa shape index (κ1) is 18.8. The molecule has 0 aromatic carbocycles. The Hall–Kier alpha value is -0.860. The highest BCUT2D eigenvalue weighted by molar-refractivity contribution is 5.78. The summed E-state index contributed by atoms with van der Waals surface area (Å²) in [4.78, 5) is 21.5. The monoisotopic (exact) mass is 203 g/mol.